The SMILES string of the molecule is C1N2CN3CN1CN(C2)C3.CC=O. The Morgan fingerprint density at radius 2 is 0.923 bits per heavy atom. The molecule has 0 radical (unpaired) electrons. The first-order chi connectivity index (χ1) is 6.31. The van der Waals surface area contributed by atoms with Gasteiger partial charge in [-0.3, -0.25) is 19.6 Å². The van der Waals surface area contributed by atoms with Crippen LogP contribution in [0.1, 0.15) is 6.92 Å². The number of rotatable bonds is 0. The highest BCUT2D eigenvalue weighted by atomic mass is 16.1. The Morgan fingerprint density at radius 1 is 0.769 bits per heavy atom. The summed E-state index contributed by atoms with van der Waals surface area (Å²) in [5.41, 5.74) is 0. The first-order valence-electron chi connectivity index (χ1n) is 4.61. The van der Waals surface area contributed by atoms with Crippen molar-refractivity contribution in [3.05, 3.63) is 0 Å². The van der Waals surface area contributed by atoms with Crippen LogP contribution in [0.3, 0.4) is 0 Å². The van der Waals surface area contributed by atoms with E-state index >= 15 is 0 Å². The fraction of sp³-hybridized carbons (Fsp3) is 0.875. The van der Waals surface area contributed by atoms with Crippen LogP contribution in [-0.2, 0) is 4.79 Å². The summed E-state index contributed by atoms with van der Waals surface area (Å²) in [4.78, 5) is 18.7. The van der Waals surface area contributed by atoms with Gasteiger partial charge in [0.2, 0.25) is 0 Å². The summed E-state index contributed by atoms with van der Waals surface area (Å²) in [5, 5.41) is 0. The second kappa shape index (κ2) is 3.71. The van der Waals surface area contributed by atoms with Crippen LogP contribution in [0.2, 0.25) is 0 Å². The van der Waals surface area contributed by atoms with Gasteiger partial charge in [0.05, 0.1) is 40.0 Å². The standard InChI is InChI=1S/C6H12N4.C2H4O/c1-7-2-9-4-8(1)5-10(3-7)6-9;1-2-3/h1-6H2;2H,1H3. The molecule has 4 saturated heterocycles. The average Bonchev–Trinajstić information content (AvgIpc) is 2.01. The summed E-state index contributed by atoms with van der Waals surface area (Å²) in [6.07, 6.45) is 0.750. The minimum absolute atomic E-state index is 0.750. The molecule has 13 heavy (non-hydrogen) atoms. The number of aldehydes is 1. The molecule has 0 N–H and O–H groups in total. The molecular formula is C8H16N4O. The van der Waals surface area contributed by atoms with Crippen LogP contribution in [0.4, 0.5) is 0 Å². The van der Waals surface area contributed by atoms with Crippen LogP contribution >= 0.6 is 0 Å². The number of hydrogen-bond acceptors (Lipinski definition) is 5. The third-order valence-corrected chi connectivity index (χ3v) is 2.40. The lowest BCUT2D eigenvalue weighted by Gasteiger charge is -2.56. The fourth-order valence-corrected chi connectivity index (χ4v) is 2.23. The van der Waals surface area contributed by atoms with Gasteiger partial charge < -0.3 is 4.79 Å². The number of hydrogen-bond donors (Lipinski definition) is 0. The van der Waals surface area contributed by atoms with Gasteiger partial charge >= 0.3 is 0 Å². The Kier molecular flexibility index (Phi) is 2.59. The maximum atomic E-state index is 8.81. The van der Waals surface area contributed by atoms with Crippen molar-refractivity contribution in [1.82, 2.24) is 19.6 Å². The lowest BCUT2D eigenvalue weighted by atomic mass is 10.4. The van der Waals surface area contributed by atoms with Gasteiger partial charge in [-0.25, -0.2) is 0 Å². The van der Waals surface area contributed by atoms with E-state index < -0.39 is 0 Å². The third kappa shape index (κ3) is 1.88. The average molecular weight is 184 g/mol. The second-order valence-electron chi connectivity index (χ2n) is 3.77. The topological polar surface area (TPSA) is 30.0 Å². The zero-order chi connectivity index (χ0) is 9.26. The Labute approximate surface area is 78.5 Å². The van der Waals surface area contributed by atoms with E-state index in [1.807, 2.05) is 0 Å². The maximum Gasteiger partial charge on any atom is 0.116 e. The molecule has 4 rings (SSSR count). The van der Waals surface area contributed by atoms with Crippen molar-refractivity contribution in [1.29, 1.82) is 0 Å². The Morgan fingerprint density at radius 3 is 1.08 bits per heavy atom. The summed E-state index contributed by atoms with van der Waals surface area (Å²) < 4.78 is 0. The molecule has 0 unspecified atom stereocenters. The van der Waals surface area contributed by atoms with Gasteiger partial charge in [-0.05, 0) is 6.92 Å². The van der Waals surface area contributed by atoms with Crippen molar-refractivity contribution in [2.45, 2.75) is 6.92 Å². The van der Waals surface area contributed by atoms with Gasteiger partial charge in [-0.15, -0.1) is 0 Å². The summed E-state index contributed by atoms with van der Waals surface area (Å²) in [6, 6.07) is 0. The molecule has 74 valence electrons. The minimum Gasteiger partial charge on any atom is -0.304 e. The van der Waals surface area contributed by atoms with E-state index in [4.69, 9.17) is 4.79 Å². The monoisotopic (exact) mass is 184 g/mol. The van der Waals surface area contributed by atoms with Crippen molar-refractivity contribution >= 4 is 6.29 Å². The first-order valence-corrected chi connectivity index (χ1v) is 4.61. The van der Waals surface area contributed by atoms with E-state index in [0.29, 0.717) is 0 Å². The molecule has 4 heterocycles. The number of nitrogens with zero attached hydrogens (tertiary/aromatic N) is 4. The van der Waals surface area contributed by atoms with Crippen molar-refractivity contribution in [2.24, 2.45) is 0 Å². The molecule has 4 aliphatic rings. The zero-order valence-electron chi connectivity index (χ0n) is 8.02. The zero-order valence-corrected chi connectivity index (χ0v) is 8.02. The van der Waals surface area contributed by atoms with E-state index in [-0.39, 0.29) is 0 Å². The summed E-state index contributed by atoms with van der Waals surface area (Å²) in [7, 11) is 0. The largest absolute Gasteiger partial charge is 0.304 e. The highest BCUT2D eigenvalue weighted by Gasteiger charge is 2.36. The molecule has 0 aromatic heterocycles. The lowest BCUT2D eigenvalue weighted by Crippen LogP contribution is -2.71. The summed E-state index contributed by atoms with van der Waals surface area (Å²) in [5.74, 6) is 0. The molecule has 0 amide bonds. The predicted molar refractivity (Wildman–Crippen MR) is 48.3 cm³/mol. The molecule has 4 bridgehead atoms. The van der Waals surface area contributed by atoms with Crippen LogP contribution in [0.5, 0.6) is 0 Å². The van der Waals surface area contributed by atoms with Crippen LogP contribution in [0, 0.1) is 0 Å². The number of carbonyl (C=O) groups excluding carboxylic acids is 1. The molecule has 0 saturated carbocycles. The van der Waals surface area contributed by atoms with Crippen LogP contribution < -0.4 is 0 Å². The van der Waals surface area contributed by atoms with Gasteiger partial charge in [0.1, 0.15) is 6.29 Å². The molecule has 0 aromatic rings. The van der Waals surface area contributed by atoms with Gasteiger partial charge in [-0.2, -0.15) is 0 Å². The Hall–Kier alpha value is -0.490. The van der Waals surface area contributed by atoms with Gasteiger partial charge in [-0.1, -0.05) is 0 Å². The van der Waals surface area contributed by atoms with Gasteiger partial charge in [0, 0.05) is 0 Å². The fourth-order valence-electron chi connectivity index (χ4n) is 2.23. The Bertz CT molecular complexity index is 140. The first kappa shape index (κ1) is 9.08. The second-order valence-corrected chi connectivity index (χ2v) is 3.77. The normalized spacial score (nSPS) is 45.3. The molecular weight excluding hydrogens is 168 g/mol. The van der Waals surface area contributed by atoms with Crippen molar-refractivity contribution in [2.75, 3.05) is 40.0 Å². The molecule has 4 fully saturated rings. The Balaban J connectivity index is 0.000000196. The quantitative estimate of drug-likeness (QED) is 0.459. The molecule has 5 heteroatoms. The van der Waals surface area contributed by atoms with Crippen molar-refractivity contribution in [3.63, 3.8) is 0 Å². The minimum atomic E-state index is 0.750. The molecule has 5 nitrogen and oxygen atoms in total. The molecule has 0 atom stereocenters. The highest BCUT2D eigenvalue weighted by Crippen LogP contribution is 2.20. The molecule has 0 aromatic carbocycles. The van der Waals surface area contributed by atoms with E-state index in [0.717, 1.165) is 6.29 Å². The van der Waals surface area contributed by atoms with Gasteiger partial charge in [0.15, 0.2) is 0 Å². The predicted octanol–water partition coefficient (Wildman–Crippen LogP) is -0.815. The molecule has 0 spiro atoms. The number of carbonyl (C=O) groups is 1. The highest BCUT2D eigenvalue weighted by molar-refractivity contribution is 5.44. The van der Waals surface area contributed by atoms with E-state index in [9.17, 15) is 0 Å². The van der Waals surface area contributed by atoms with Crippen LogP contribution in [0.15, 0.2) is 0 Å². The van der Waals surface area contributed by atoms with E-state index in [2.05, 4.69) is 19.6 Å². The van der Waals surface area contributed by atoms with E-state index in [1.54, 1.807) is 0 Å². The molecule has 0 aliphatic carbocycles. The van der Waals surface area contributed by atoms with Gasteiger partial charge in [0.25, 0.3) is 0 Å². The summed E-state index contributed by atoms with van der Waals surface area (Å²) >= 11 is 0. The van der Waals surface area contributed by atoms with Crippen molar-refractivity contribution in [3.8, 4) is 0 Å². The van der Waals surface area contributed by atoms with Crippen molar-refractivity contribution < 1.29 is 4.79 Å². The summed E-state index contributed by atoms with van der Waals surface area (Å²) in [6.45, 7) is 8.57. The lowest BCUT2D eigenvalue weighted by molar-refractivity contribution is -0.194. The molecule has 4 aliphatic heterocycles. The van der Waals surface area contributed by atoms with Crippen LogP contribution in [-0.4, -0.2) is 65.9 Å². The third-order valence-electron chi connectivity index (χ3n) is 2.40. The maximum absolute atomic E-state index is 8.81. The smallest absolute Gasteiger partial charge is 0.116 e. The van der Waals surface area contributed by atoms with Crippen LogP contribution in [0.25, 0.3) is 0 Å². The van der Waals surface area contributed by atoms with E-state index in [1.165, 1.54) is 46.9 Å².